The number of aliphatic hydroxyl groups is 1. The van der Waals surface area contributed by atoms with Gasteiger partial charge in [0.1, 0.15) is 12.2 Å². The summed E-state index contributed by atoms with van der Waals surface area (Å²) in [6.45, 7) is 3.45. The number of β-amino-alcohol motifs (C(OH)–C–C–N with tert-alkyl or cyclic N) is 1. The normalized spacial score (nSPS) is 22.2. The molecule has 8 heteroatoms. The summed E-state index contributed by atoms with van der Waals surface area (Å²) in [7, 11) is 0. The van der Waals surface area contributed by atoms with Crippen molar-refractivity contribution in [2.45, 2.75) is 44.8 Å². The predicted molar refractivity (Wildman–Crippen MR) is 80.9 cm³/mol. The lowest BCUT2D eigenvalue weighted by Gasteiger charge is -2.24. The van der Waals surface area contributed by atoms with Gasteiger partial charge in [0, 0.05) is 19.1 Å². The van der Waals surface area contributed by atoms with Gasteiger partial charge in [0.25, 0.3) is 0 Å². The lowest BCUT2D eigenvalue weighted by molar-refractivity contribution is -0.137. The molecule has 2 heterocycles. The van der Waals surface area contributed by atoms with Crippen LogP contribution in [0.25, 0.3) is 0 Å². The SMILES string of the molecule is CCn1ncnc1CN1C[C@@H](O)C[C@H]1c1cccc(C(F)(F)F)c1. The molecule has 5 nitrogen and oxygen atoms in total. The lowest BCUT2D eigenvalue weighted by Crippen LogP contribution is -2.26. The van der Waals surface area contributed by atoms with Gasteiger partial charge in [-0.1, -0.05) is 12.1 Å². The Kier molecular flexibility index (Phi) is 4.60. The van der Waals surface area contributed by atoms with E-state index in [4.69, 9.17) is 0 Å². The van der Waals surface area contributed by atoms with Crippen LogP contribution in [0.4, 0.5) is 13.2 Å². The molecule has 0 spiro atoms. The van der Waals surface area contributed by atoms with E-state index in [1.54, 1.807) is 10.7 Å². The second kappa shape index (κ2) is 6.52. The standard InChI is InChI=1S/C16H19F3N4O/c1-2-23-15(20-10-21-23)9-22-8-13(24)7-14(22)11-4-3-5-12(6-11)16(17,18)19/h3-6,10,13-14,24H,2,7-9H2,1H3/t13-,14-/m0/s1. The van der Waals surface area contributed by atoms with Crippen LogP contribution in [0.15, 0.2) is 30.6 Å². The number of likely N-dealkylation sites (tertiary alicyclic amines) is 1. The van der Waals surface area contributed by atoms with Gasteiger partial charge in [-0.2, -0.15) is 18.3 Å². The Labute approximate surface area is 137 Å². The number of hydrogen-bond acceptors (Lipinski definition) is 4. The molecule has 0 saturated carbocycles. The molecule has 0 radical (unpaired) electrons. The van der Waals surface area contributed by atoms with Crippen molar-refractivity contribution in [3.63, 3.8) is 0 Å². The minimum atomic E-state index is -4.37. The summed E-state index contributed by atoms with van der Waals surface area (Å²) >= 11 is 0. The Hall–Kier alpha value is -1.93. The first kappa shape index (κ1) is 16.9. The van der Waals surface area contributed by atoms with E-state index in [9.17, 15) is 18.3 Å². The summed E-state index contributed by atoms with van der Waals surface area (Å²) in [4.78, 5) is 6.16. The molecule has 3 rings (SSSR count). The molecule has 0 amide bonds. The number of alkyl halides is 3. The van der Waals surface area contributed by atoms with E-state index in [1.165, 1.54) is 18.5 Å². The second-order valence-electron chi connectivity index (χ2n) is 5.95. The molecule has 1 aliphatic heterocycles. The molecule has 1 fully saturated rings. The van der Waals surface area contributed by atoms with Crippen LogP contribution in [0.5, 0.6) is 0 Å². The molecule has 2 aromatic rings. The number of aromatic nitrogens is 3. The van der Waals surface area contributed by atoms with Gasteiger partial charge in [0.05, 0.1) is 18.2 Å². The summed E-state index contributed by atoms with van der Waals surface area (Å²) in [6.07, 6.45) is -3.07. The smallest absolute Gasteiger partial charge is 0.392 e. The molecule has 2 atom stereocenters. The molecule has 1 aliphatic rings. The Balaban J connectivity index is 1.86. The van der Waals surface area contributed by atoms with Crippen molar-refractivity contribution in [3.05, 3.63) is 47.5 Å². The first-order chi connectivity index (χ1) is 11.4. The van der Waals surface area contributed by atoms with Gasteiger partial charge < -0.3 is 5.11 Å². The van der Waals surface area contributed by atoms with E-state index >= 15 is 0 Å². The fourth-order valence-electron chi connectivity index (χ4n) is 3.18. The third-order valence-corrected chi connectivity index (χ3v) is 4.32. The van der Waals surface area contributed by atoms with Crippen molar-refractivity contribution in [3.8, 4) is 0 Å². The summed E-state index contributed by atoms with van der Waals surface area (Å²) in [5, 5.41) is 14.1. The van der Waals surface area contributed by atoms with Crippen molar-refractivity contribution in [2.24, 2.45) is 0 Å². The molecule has 0 aliphatic carbocycles. The Morgan fingerprint density at radius 1 is 1.33 bits per heavy atom. The molecule has 1 aromatic carbocycles. The van der Waals surface area contributed by atoms with Crippen LogP contribution in [0, 0.1) is 0 Å². The highest BCUT2D eigenvalue weighted by molar-refractivity contribution is 5.29. The minimum Gasteiger partial charge on any atom is -0.392 e. The van der Waals surface area contributed by atoms with E-state index in [2.05, 4.69) is 10.1 Å². The van der Waals surface area contributed by atoms with Crippen molar-refractivity contribution < 1.29 is 18.3 Å². The third-order valence-electron chi connectivity index (χ3n) is 4.32. The number of hydrogen-bond donors (Lipinski definition) is 1. The average molecular weight is 340 g/mol. The molecule has 1 aromatic heterocycles. The van der Waals surface area contributed by atoms with E-state index in [0.29, 0.717) is 31.6 Å². The highest BCUT2D eigenvalue weighted by atomic mass is 19.4. The van der Waals surface area contributed by atoms with Crippen molar-refractivity contribution >= 4 is 0 Å². The van der Waals surface area contributed by atoms with E-state index in [0.717, 1.165) is 11.9 Å². The van der Waals surface area contributed by atoms with Gasteiger partial charge in [-0.3, -0.25) is 4.90 Å². The fraction of sp³-hybridized carbons (Fsp3) is 0.500. The molecule has 1 saturated heterocycles. The van der Waals surface area contributed by atoms with Crippen molar-refractivity contribution in [2.75, 3.05) is 6.54 Å². The summed E-state index contributed by atoms with van der Waals surface area (Å²) in [5.74, 6) is 0.739. The third kappa shape index (κ3) is 3.44. The zero-order chi connectivity index (χ0) is 17.3. The highest BCUT2D eigenvalue weighted by Crippen LogP contribution is 2.36. The zero-order valence-corrected chi connectivity index (χ0v) is 13.2. The number of rotatable bonds is 4. The van der Waals surface area contributed by atoms with Crippen LogP contribution >= 0.6 is 0 Å². The van der Waals surface area contributed by atoms with Crippen molar-refractivity contribution in [1.29, 1.82) is 0 Å². The molecule has 0 unspecified atom stereocenters. The molecule has 0 bridgehead atoms. The topological polar surface area (TPSA) is 54.2 Å². The first-order valence-electron chi connectivity index (χ1n) is 7.84. The highest BCUT2D eigenvalue weighted by Gasteiger charge is 2.35. The lowest BCUT2D eigenvalue weighted by atomic mass is 10.0. The van der Waals surface area contributed by atoms with Gasteiger partial charge in [0.15, 0.2) is 0 Å². The molecular weight excluding hydrogens is 321 g/mol. The first-order valence-corrected chi connectivity index (χ1v) is 7.84. The Bertz CT molecular complexity index is 701. The molecule has 130 valence electrons. The summed E-state index contributed by atoms with van der Waals surface area (Å²) in [6, 6.07) is 5.04. The molecular formula is C16H19F3N4O. The maximum atomic E-state index is 12.9. The fourth-order valence-corrected chi connectivity index (χ4v) is 3.18. The van der Waals surface area contributed by atoms with Crippen LogP contribution in [0.1, 0.15) is 36.3 Å². The molecule has 24 heavy (non-hydrogen) atoms. The Morgan fingerprint density at radius 2 is 2.12 bits per heavy atom. The van der Waals surface area contributed by atoms with Gasteiger partial charge in [-0.05, 0) is 31.0 Å². The quantitative estimate of drug-likeness (QED) is 0.930. The number of benzene rings is 1. The maximum absolute atomic E-state index is 12.9. The van der Waals surface area contributed by atoms with E-state index in [-0.39, 0.29) is 6.04 Å². The van der Waals surface area contributed by atoms with Crippen LogP contribution in [0.2, 0.25) is 0 Å². The number of aryl methyl sites for hydroxylation is 1. The number of aliphatic hydroxyl groups excluding tert-OH is 1. The summed E-state index contributed by atoms with van der Waals surface area (Å²) in [5.41, 5.74) is -0.109. The minimum absolute atomic E-state index is 0.274. The van der Waals surface area contributed by atoms with Crippen LogP contribution in [0.3, 0.4) is 0 Å². The van der Waals surface area contributed by atoms with Gasteiger partial charge in [-0.15, -0.1) is 0 Å². The van der Waals surface area contributed by atoms with Crippen molar-refractivity contribution in [1.82, 2.24) is 19.7 Å². The largest absolute Gasteiger partial charge is 0.416 e. The monoisotopic (exact) mass is 340 g/mol. The van der Waals surface area contributed by atoms with Crippen LogP contribution in [-0.4, -0.2) is 37.4 Å². The van der Waals surface area contributed by atoms with Gasteiger partial charge in [-0.25, -0.2) is 9.67 Å². The predicted octanol–water partition coefficient (Wildman–Crippen LogP) is 2.62. The maximum Gasteiger partial charge on any atom is 0.416 e. The van der Waals surface area contributed by atoms with Gasteiger partial charge >= 0.3 is 6.18 Å². The van der Waals surface area contributed by atoms with E-state index < -0.39 is 17.8 Å². The zero-order valence-electron chi connectivity index (χ0n) is 13.2. The second-order valence-corrected chi connectivity index (χ2v) is 5.95. The average Bonchev–Trinajstić information content (AvgIpc) is 3.13. The van der Waals surface area contributed by atoms with Gasteiger partial charge in [0.2, 0.25) is 0 Å². The van der Waals surface area contributed by atoms with E-state index in [1.807, 2.05) is 11.8 Å². The van der Waals surface area contributed by atoms with Crippen LogP contribution < -0.4 is 0 Å². The summed E-state index contributed by atoms with van der Waals surface area (Å²) < 4.78 is 40.6. The number of nitrogens with zero attached hydrogens (tertiary/aromatic N) is 4. The Morgan fingerprint density at radius 3 is 2.83 bits per heavy atom. The molecule has 1 N–H and O–H groups in total. The number of halogens is 3. The van der Waals surface area contributed by atoms with Crippen LogP contribution in [-0.2, 0) is 19.3 Å².